The number of benzene rings is 1. The van der Waals surface area contributed by atoms with Gasteiger partial charge in [0, 0.05) is 18.5 Å². The van der Waals surface area contributed by atoms with Crippen LogP contribution in [0.2, 0.25) is 0 Å². The highest BCUT2D eigenvalue weighted by Gasteiger charge is 2.28. The summed E-state index contributed by atoms with van der Waals surface area (Å²) in [6, 6.07) is 9.14. The average Bonchev–Trinajstić information content (AvgIpc) is 3.29. The summed E-state index contributed by atoms with van der Waals surface area (Å²) in [5.74, 6) is -0.324. The second-order valence-electron chi connectivity index (χ2n) is 9.17. The molecule has 0 saturated heterocycles. The summed E-state index contributed by atoms with van der Waals surface area (Å²) in [5, 5.41) is 13.8. The van der Waals surface area contributed by atoms with E-state index in [1.807, 2.05) is 27.7 Å². The Kier molecular flexibility index (Phi) is 5.91. The van der Waals surface area contributed by atoms with E-state index in [2.05, 4.69) is 20.9 Å². The summed E-state index contributed by atoms with van der Waals surface area (Å²) in [6.07, 6.45) is 3.99. The van der Waals surface area contributed by atoms with Crippen LogP contribution in [-0.4, -0.2) is 35.7 Å². The molecule has 0 radical (unpaired) electrons. The molecule has 1 aliphatic rings. The van der Waals surface area contributed by atoms with Crippen molar-refractivity contribution in [3.05, 3.63) is 59.5 Å². The predicted octanol–water partition coefficient (Wildman–Crippen LogP) is 3.12. The molecule has 3 aromatic rings. The topological polar surface area (TPSA) is 127 Å². The van der Waals surface area contributed by atoms with E-state index in [9.17, 15) is 18.5 Å². The Bertz CT molecular complexity index is 1420. The van der Waals surface area contributed by atoms with Crippen molar-refractivity contribution >= 4 is 15.9 Å². The SMILES string of the molecule is CC(C)c1cc(C#N)cc2c1CC(=O)NS(=O)(=O)c1cnn(c1)C(C)(C)COc1cc-2ccn1. The average molecular weight is 480 g/mol. The Morgan fingerprint density at radius 2 is 2.03 bits per heavy atom. The van der Waals surface area contributed by atoms with E-state index < -0.39 is 21.5 Å². The van der Waals surface area contributed by atoms with Crippen LogP contribution < -0.4 is 9.46 Å². The van der Waals surface area contributed by atoms with Gasteiger partial charge in [0.05, 0.1) is 29.8 Å². The fraction of sp³-hybridized carbons (Fsp3) is 0.333. The monoisotopic (exact) mass is 479 g/mol. The first-order valence-electron chi connectivity index (χ1n) is 10.8. The van der Waals surface area contributed by atoms with Crippen LogP contribution >= 0.6 is 0 Å². The third-order valence-corrected chi connectivity index (χ3v) is 7.06. The van der Waals surface area contributed by atoms with Crippen molar-refractivity contribution in [2.75, 3.05) is 6.61 Å². The summed E-state index contributed by atoms with van der Waals surface area (Å²) in [7, 11) is -4.13. The first-order valence-corrected chi connectivity index (χ1v) is 12.3. The van der Waals surface area contributed by atoms with E-state index in [0.29, 0.717) is 28.1 Å². The molecule has 9 nitrogen and oxygen atoms in total. The van der Waals surface area contributed by atoms with Gasteiger partial charge in [-0.15, -0.1) is 0 Å². The highest BCUT2D eigenvalue weighted by atomic mass is 32.2. The van der Waals surface area contributed by atoms with Crippen LogP contribution in [0.1, 0.15) is 50.3 Å². The number of nitrogens with zero attached hydrogens (tertiary/aromatic N) is 4. The van der Waals surface area contributed by atoms with Crippen molar-refractivity contribution in [3.63, 3.8) is 0 Å². The molecular weight excluding hydrogens is 454 g/mol. The number of hydrogen-bond donors (Lipinski definition) is 1. The molecule has 2 aromatic heterocycles. The maximum absolute atomic E-state index is 13.0. The Morgan fingerprint density at radius 1 is 1.26 bits per heavy atom. The van der Waals surface area contributed by atoms with Crippen LogP contribution in [0.5, 0.6) is 5.88 Å². The standard InChI is InChI=1S/C24H25N5O4S/c1-15(2)19-7-16(11-25)8-20-17-5-6-26-23(9-17)33-14-24(3,4)29-13-18(12-27-29)34(31,32)28-22(30)10-21(19)20/h5-9,12-13,15H,10,14H2,1-4H3,(H,28,30). The highest BCUT2D eigenvalue weighted by Crippen LogP contribution is 2.34. The smallest absolute Gasteiger partial charge is 0.267 e. The zero-order chi connectivity index (χ0) is 24.7. The minimum absolute atomic E-state index is 0.00914. The lowest BCUT2D eigenvalue weighted by Gasteiger charge is -2.25. The summed E-state index contributed by atoms with van der Waals surface area (Å²) < 4.78 is 35.4. The number of pyridine rings is 1. The molecule has 4 bridgehead atoms. The van der Waals surface area contributed by atoms with Crippen molar-refractivity contribution < 1.29 is 17.9 Å². The van der Waals surface area contributed by atoms with Gasteiger partial charge in [0.15, 0.2) is 0 Å². The third kappa shape index (κ3) is 4.52. The van der Waals surface area contributed by atoms with Gasteiger partial charge in [-0.2, -0.15) is 10.4 Å². The first-order chi connectivity index (χ1) is 16.0. The zero-order valence-corrected chi connectivity index (χ0v) is 20.2. The maximum atomic E-state index is 13.0. The van der Waals surface area contributed by atoms with Gasteiger partial charge >= 0.3 is 0 Å². The van der Waals surface area contributed by atoms with Crippen molar-refractivity contribution in [1.82, 2.24) is 19.5 Å². The van der Waals surface area contributed by atoms with Gasteiger partial charge in [-0.3, -0.25) is 9.48 Å². The molecule has 10 heteroatoms. The number of nitriles is 1. The fourth-order valence-electron chi connectivity index (χ4n) is 3.88. The number of ether oxygens (including phenoxy) is 1. The second-order valence-corrected chi connectivity index (χ2v) is 10.9. The van der Waals surface area contributed by atoms with Crippen molar-refractivity contribution in [2.24, 2.45) is 0 Å². The van der Waals surface area contributed by atoms with Gasteiger partial charge in [-0.25, -0.2) is 18.1 Å². The molecule has 1 aromatic carbocycles. The Morgan fingerprint density at radius 3 is 2.74 bits per heavy atom. The molecule has 4 rings (SSSR count). The van der Waals surface area contributed by atoms with Crippen LogP contribution in [0, 0.1) is 11.3 Å². The van der Waals surface area contributed by atoms with Crippen molar-refractivity contribution in [2.45, 2.75) is 50.5 Å². The lowest BCUT2D eigenvalue weighted by atomic mass is 9.87. The summed E-state index contributed by atoms with van der Waals surface area (Å²) in [6.45, 7) is 7.77. The predicted molar refractivity (Wildman–Crippen MR) is 125 cm³/mol. The van der Waals surface area contributed by atoms with E-state index in [1.54, 1.807) is 30.5 Å². The Hall–Kier alpha value is -3.71. The van der Waals surface area contributed by atoms with Crippen LogP contribution in [0.15, 0.2) is 47.8 Å². The largest absolute Gasteiger partial charge is 0.475 e. The van der Waals surface area contributed by atoms with Crippen LogP contribution in [-0.2, 0) is 26.8 Å². The molecule has 0 aliphatic carbocycles. The molecule has 0 atom stereocenters. The maximum Gasteiger partial charge on any atom is 0.267 e. The fourth-order valence-corrected chi connectivity index (χ4v) is 4.80. The van der Waals surface area contributed by atoms with Gasteiger partial charge in [-0.1, -0.05) is 13.8 Å². The Balaban J connectivity index is 1.93. The van der Waals surface area contributed by atoms with Gasteiger partial charge in [0.2, 0.25) is 11.8 Å². The molecule has 0 spiro atoms. The molecule has 3 heterocycles. The van der Waals surface area contributed by atoms with Crippen LogP contribution in [0.4, 0.5) is 0 Å². The van der Waals surface area contributed by atoms with Crippen LogP contribution in [0.3, 0.4) is 0 Å². The van der Waals surface area contributed by atoms with E-state index in [4.69, 9.17) is 4.74 Å². The molecular formula is C24H25N5O4S. The highest BCUT2D eigenvalue weighted by molar-refractivity contribution is 7.90. The van der Waals surface area contributed by atoms with E-state index in [1.165, 1.54) is 17.1 Å². The van der Waals surface area contributed by atoms with Crippen molar-refractivity contribution in [1.29, 1.82) is 5.26 Å². The number of fused-ring (bicyclic) bond motifs is 6. The summed E-state index contributed by atoms with van der Waals surface area (Å²) in [5.41, 5.74) is 2.54. The minimum atomic E-state index is -4.13. The summed E-state index contributed by atoms with van der Waals surface area (Å²) >= 11 is 0. The van der Waals surface area contributed by atoms with Gasteiger partial charge in [0.25, 0.3) is 10.0 Å². The minimum Gasteiger partial charge on any atom is -0.475 e. The van der Waals surface area contributed by atoms with E-state index in [-0.39, 0.29) is 23.8 Å². The number of aromatic nitrogens is 3. The first kappa shape index (κ1) is 23.4. The molecule has 176 valence electrons. The molecule has 0 saturated carbocycles. The van der Waals surface area contributed by atoms with Gasteiger partial charge < -0.3 is 4.74 Å². The number of sulfonamides is 1. The van der Waals surface area contributed by atoms with Gasteiger partial charge in [0.1, 0.15) is 11.5 Å². The van der Waals surface area contributed by atoms with Crippen LogP contribution in [0.25, 0.3) is 11.1 Å². The molecule has 34 heavy (non-hydrogen) atoms. The molecule has 1 N–H and O–H groups in total. The normalized spacial score (nSPS) is 16.9. The number of amides is 1. The van der Waals surface area contributed by atoms with Crippen molar-refractivity contribution in [3.8, 4) is 23.1 Å². The lowest BCUT2D eigenvalue weighted by molar-refractivity contribution is -0.118. The lowest BCUT2D eigenvalue weighted by Crippen LogP contribution is -2.34. The summed E-state index contributed by atoms with van der Waals surface area (Å²) in [4.78, 5) is 17.2. The quantitative estimate of drug-likeness (QED) is 0.568. The molecule has 0 fully saturated rings. The Labute approximate surface area is 198 Å². The number of hydrogen-bond acceptors (Lipinski definition) is 7. The number of nitrogens with one attached hydrogen (secondary N) is 1. The number of carbonyl (C=O) groups is 1. The molecule has 1 amide bonds. The number of carbonyl (C=O) groups excluding carboxylic acids is 1. The van der Waals surface area contributed by atoms with Gasteiger partial charge in [-0.05, 0) is 60.2 Å². The third-order valence-electron chi connectivity index (χ3n) is 5.73. The zero-order valence-electron chi connectivity index (χ0n) is 19.4. The number of rotatable bonds is 1. The second kappa shape index (κ2) is 8.57. The molecule has 0 unspecified atom stereocenters. The van der Waals surface area contributed by atoms with E-state index >= 15 is 0 Å². The molecule has 1 aliphatic heterocycles. The van der Waals surface area contributed by atoms with E-state index in [0.717, 1.165) is 5.56 Å².